The van der Waals surface area contributed by atoms with Crippen LogP contribution in [0.1, 0.15) is 55.8 Å². The number of Topliss-reactive ketones (excluding diaryl/α,β-unsaturated/α-hetero) is 1. The van der Waals surface area contributed by atoms with Gasteiger partial charge in [0, 0.05) is 5.92 Å². The van der Waals surface area contributed by atoms with E-state index in [2.05, 4.69) is 6.92 Å². The van der Waals surface area contributed by atoms with Crippen molar-refractivity contribution in [3.05, 3.63) is 29.8 Å². The highest BCUT2D eigenvalue weighted by Crippen LogP contribution is 2.34. The van der Waals surface area contributed by atoms with Gasteiger partial charge >= 0.3 is 0 Å². The number of ketones is 1. The lowest BCUT2D eigenvalue weighted by atomic mass is 9.77. The van der Waals surface area contributed by atoms with E-state index in [1.165, 1.54) is 25.7 Å². The maximum atomic E-state index is 12.6. The van der Waals surface area contributed by atoms with Gasteiger partial charge in [0.25, 0.3) is 0 Å². The van der Waals surface area contributed by atoms with Gasteiger partial charge in [0.15, 0.2) is 5.78 Å². The van der Waals surface area contributed by atoms with Crippen molar-refractivity contribution in [3.8, 4) is 5.75 Å². The van der Waals surface area contributed by atoms with E-state index in [1.807, 2.05) is 24.3 Å². The highest BCUT2D eigenvalue weighted by molar-refractivity contribution is 6.00. The minimum absolute atomic E-state index is 0.199. The zero-order valence-electron chi connectivity index (χ0n) is 12.0. The van der Waals surface area contributed by atoms with Crippen LogP contribution in [0, 0.1) is 11.8 Å². The summed E-state index contributed by atoms with van der Waals surface area (Å²) in [7, 11) is 1.63. The summed E-state index contributed by atoms with van der Waals surface area (Å²) in [5, 5.41) is 0. The molecule has 2 heteroatoms. The van der Waals surface area contributed by atoms with Crippen molar-refractivity contribution in [2.24, 2.45) is 11.8 Å². The van der Waals surface area contributed by atoms with Crippen molar-refractivity contribution in [2.45, 2.75) is 45.4 Å². The predicted molar refractivity (Wildman–Crippen MR) is 77.7 cm³/mol. The highest BCUT2D eigenvalue weighted by atomic mass is 16.5. The molecule has 1 aromatic carbocycles. The van der Waals surface area contributed by atoms with Crippen molar-refractivity contribution < 1.29 is 9.53 Å². The smallest absolute Gasteiger partial charge is 0.169 e. The number of carbonyl (C=O) groups is 1. The van der Waals surface area contributed by atoms with E-state index in [4.69, 9.17) is 4.74 Å². The van der Waals surface area contributed by atoms with E-state index >= 15 is 0 Å². The number of rotatable bonds is 5. The third-order valence-corrected chi connectivity index (χ3v) is 4.29. The molecule has 0 bridgehead atoms. The van der Waals surface area contributed by atoms with Crippen LogP contribution < -0.4 is 4.74 Å². The molecule has 0 amide bonds. The molecule has 0 atom stereocenters. The monoisotopic (exact) mass is 260 g/mol. The van der Waals surface area contributed by atoms with Crippen LogP contribution in [0.4, 0.5) is 0 Å². The standard InChI is InChI=1S/C17H24O2/c1-3-6-13-9-11-14(12-10-13)17(18)15-7-4-5-8-16(15)19-2/h4-5,7-8,13-14H,3,6,9-12H2,1-2H3. The molecule has 1 saturated carbocycles. The molecule has 0 spiro atoms. The van der Waals surface area contributed by atoms with Crippen molar-refractivity contribution in [3.63, 3.8) is 0 Å². The fourth-order valence-electron chi connectivity index (χ4n) is 3.19. The second-order valence-corrected chi connectivity index (χ2v) is 5.57. The second kappa shape index (κ2) is 6.74. The van der Waals surface area contributed by atoms with Crippen LogP contribution in [-0.4, -0.2) is 12.9 Å². The Kier molecular flexibility index (Phi) is 5.00. The van der Waals surface area contributed by atoms with Crippen LogP contribution in [-0.2, 0) is 0 Å². The number of carbonyl (C=O) groups excluding carboxylic acids is 1. The molecule has 1 aliphatic carbocycles. The topological polar surface area (TPSA) is 26.3 Å². The first kappa shape index (κ1) is 14.1. The predicted octanol–water partition coefficient (Wildman–Crippen LogP) is 4.48. The van der Waals surface area contributed by atoms with E-state index in [0.717, 1.165) is 24.3 Å². The van der Waals surface area contributed by atoms with Gasteiger partial charge in [-0.1, -0.05) is 31.9 Å². The molecule has 0 N–H and O–H groups in total. The molecular formula is C17H24O2. The van der Waals surface area contributed by atoms with Crippen LogP contribution >= 0.6 is 0 Å². The second-order valence-electron chi connectivity index (χ2n) is 5.57. The molecule has 2 rings (SSSR count). The fraction of sp³-hybridized carbons (Fsp3) is 0.588. The van der Waals surface area contributed by atoms with E-state index in [-0.39, 0.29) is 11.7 Å². The number of ether oxygens (including phenoxy) is 1. The molecule has 2 nitrogen and oxygen atoms in total. The largest absolute Gasteiger partial charge is 0.496 e. The number of para-hydroxylation sites is 1. The first-order valence-electron chi connectivity index (χ1n) is 7.43. The highest BCUT2D eigenvalue weighted by Gasteiger charge is 2.27. The molecule has 0 unspecified atom stereocenters. The normalized spacial score (nSPS) is 23.1. The summed E-state index contributed by atoms with van der Waals surface area (Å²) in [6, 6.07) is 7.58. The van der Waals surface area contributed by atoms with Gasteiger partial charge in [0.1, 0.15) is 5.75 Å². The number of methoxy groups -OCH3 is 1. The molecule has 1 aromatic rings. The first-order valence-corrected chi connectivity index (χ1v) is 7.43. The van der Waals surface area contributed by atoms with Crippen LogP contribution in [0.3, 0.4) is 0 Å². The molecule has 19 heavy (non-hydrogen) atoms. The Hall–Kier alpha value is -1.31. The van der Waals surface area contributed by atoms with Gasteiger partial charge in [0.2, 0.25) is 0 Å². The molecule has 0 saturated heterocycles. The van der Waals surface area contributed by atoms with E-state index in [0.29, 0.717) is 5.75 Å². The summed E-state index contributed by atoms with van der Waals surface area (Å²) in [5.74, 6) is 2.02. The molecule has 0 radical (unpaired) electrons. The van der Waals surface area contributed by atoms with E-state index in [9.17, 15) is 4.79 Å². The minimum Gasteiger partial charge on any atom is -0.496 e. The Bertz CT molecular complexity index is 417. The SMILES string of the molecule is CCCC1CCC(C(=O)c2ccccc2OC)CC1. The molecular weight excluding hydrogens is 236 g/mol. The Balaban J connectivity index is 2.01. The Morgan fingerprint density at radius 3 is 2.53 bits per heavy atom. The summed E-state index contributed by atoms with van der Waals surface area (Å²) in [6.07, 6.45) is 7.08. The fourth-order valence-corrected chi connectivity index (χ4v) is 3.19. The summed E-state index contributed by atoms with van der Waals surface area (Å²) >= 11 is 0. The summed E-state index contributed by atoms with van der Waals surface area (Å²) in [4.78, 5) is 12.6. The van der Waals surface area contributed by atoms with Gasteiger partial charge in [-0.25, -0.2) is 0 Å². The minimum atomic E-state index is 0.199. The van der Waals surface area contributed by atoms with Gasteiger partial charge in [0.05, 0.1) is 12.7 Å². The van der Waals surface area contributed by atoms with Crippen LogP contribution in [0.5, 0.6) is 5.75 Å². The maximum Gasteiger partial charge on any atom is 0.169 e. The average Bonchev–Trinajstić information content (AvgIpc) is 2.47. The van der Waals surface area contributed by atoms with Crippen LogP contribution in [0.15, 0.2) is 24.3 Å². The van der Waals surface area contributed by atoms with Gasteiger partial charge < -0.3 is 4.74 Å². The lowest BCUT2D eigenvalue weighted by Crippen LogP contribution is -2.22. The van der Waals surface area contributed by atoms with Crippen molar-refractivity contribution in [2.75, 3.05) is 7.11 Å². The summed E-state index contributed by atoms with van der Waals surface area (Å²) < 4.78 is 5.30. The van der Waals surface area contributed by atoms with Crippen LogP contribution in [0.2, 0.25) is 0 Å². The molecule has 1 aliphatic rings. The van der Waals surface area contributed by atoms with Crippen molar-refractivity contribution >= 4 is 5.78 Å². The van der Waals surface area contributed by atoms with E-state index < -0.39 is 0 Å². The molecule has 0 heterocycles. The average molecular weight is 260 g/mol. The zero-order valence-corrected chi connectivity index (χ0v) is 12.0. The van der Waals surface area contributed by atoms with E-state index in [1.54, 1.807) is 7.11 Å². The maximum absolute atomic E-state index is 12.6. The summed E-state index contributed by atoms with van der Waals surface area (Å²) in [6.45, 7) is 2.24. The Morgan fingerprint density at radius 1 is 1.21 bits per heavy atom. The number of hydrogen-bond donors (Lipinski definition) is 0. The van der Waals surface area contributed by atoms with Crippen molar-refractivity contribution in [1.82, 2.24) is 0 Å². The van der Waals surface area contributed by atoms with Gasteiger partial charge in [-0.15, -0.1) is 0 Å². The molecule has 0 aliphatic heterocycles. The molecule has 0 aromatic heterocycles. The van der Waals surface area contributed by atoms with Gasteiger partial charge in [-0.05, 0) is 43.7 Å². The summed E-state index contributed by atoms with van der Waals surface area (Å²) in [5.41, 5.74) is 0.754. The lowest BCUT2D eigenvalue weighted by molar-refractivity contribution is 0.0866. The van der Waals surface area contributed by atoms with Gasteiger partial charge in [-0.2, -0.15) is 0 Å². The van der Waals surface area contributed by atoms with Crippen molar-refractivity contribution in [1.29, 1.82) is 0 Å². The Labute approximate surface area is 116 Å². The quantitative estimate of drug-likeness (QED) is 0.729. The van der Waals surface area contributed by atoms with Crippen LogP contribution in [0.25, 0.3) is 0 Å². The Morgan fingerprint density at radius 2 is 1.89 bits per heavy atom. The third-order valence-electron chi connectivity index (χ3n) is 4.29. The first-order chi connectivity index (χ1) is 9.26. The van der Waals surface area contributed by atoms with Gasteiger partial charge in [-0.3, -0.25) is 4.79 Å². The molecule has 104 valence electrons. The number of hydrogen-bond acceptors (Lipinski definition) is 2. The molecule has 1 fully saturated rings. The lowest BCUT2D eigenvalue weighted by Gasteiger charge is -2.27. The third kappa shape index (κ3) is 3.37. The number of benzene rings is 1. The zero-order chi connectivity index (χ0) is 13.7.